The Morgan fingerprint density at radius 3 is 3.00 bits per heavy atom. The van der Waals surface area contributed by atoms with E-state index in [0.29, 0.717) is 18.1 Å². The summed E-state index contributed by atoms with van der Waals surface area (Å²) in [6, 6.07) is 0.110. The third-order valence-corrected chi connectivity index (χ3v) is 3.08. The highest BCUT2D eigenvalue weighted by Crippen LogP contribution is 2.23. The molecule has 1 N–H and O–H groups in total. The van der Waals surface area contributed by atoms with E-state index in [9.17, 15) is 0 Å². The van der Waals surface area contributed by atoms with Gasteiger partial charge in [-0.05, 0) is 13.3 Å². The van der Waals surface area contributed by atoms with Gasteiger partial charge < -0.3 is 19.3 Å². The lowest BCUT2D eigenvalue weighted by molar-refractivity contribution is 0.116. The first-order chi connectivity index (χ1) is 8.22. The molecule has 0 aromatic carbocycles. The number of ether oxygens (including phenoxy) is 2. The van der Waals surface area contributed by atoms with E-state index in [1.54, 1.807) is 14.2 Å². The molecule has 0 radical (unpaired) electrons. The minimum Gasteiger partial charge on any atom is -0.381 e. The zero-order valence-corrected chi connectivity index (χ0v) is 10.5. The predicted octanol–water partition coefficient (Wildman–Crippen LogP) is 0.696. The normalized spacial score (nSPS) is 26.3. The first-order valence-corrected chi connectivity index (χ1v) is 5.84. The Kier molecular flexibility index (Phi) is 4.09. The van der Waals surface area contributed by atoms with E-state index in [4.69, 9.17) is 14.0 Å². The third kappa shape index (κ3) is 3.02. The minimum absolute atomic E-state index is 0.101. The Hall–Kier alpha value is -0.980. The Labute approximate surface area is 101 Å². The van der Waals surface area contributed by atoms with Crippen molar-refractivity contribution in [3.8, 4) is 0 Å². The lowest BCUT2D eigenvalue weighted by atomic mass is 10.2. The fourth-order valence-corrected chi connectivity index (χ4v) is 1.90. The molecule has 2 heterocycles. The van der Waals surface area contributed by atoms with Gasteiger partial charge in [0.05, 0.1) is 18.2 Å². The first-order valence-electron chi connectivity index (χ1n) is 5.84. The maximum absolute atomic E-state index is 5.28. The van der Waals surface area contributed by atoms with Gasteiger partial charge in [-0.15, -0.1) is 0 Å². The Morgan fingerprint density at radius 1 is 1.53 bits per heavy atom. The van der Waals surface area contributed by atoms with Crippen LogP contribution in [0.5, 0.6) is 0 Å². The van der Waals surface area contributed by atoms with Crippen LogP contribution in [0.2, 0.25) is 0 Å². The van der Waals surface area contributed by atoms with Gasteiger partial charge in [0.15, 0.2) is 5.82 Å². The van der Waals surface area contributed by atoms with Gasteiger partial charge in [0, 0.05) is 27.2 Å². The van der Waals surface area contributed by atoms with Crippen molar-refractivity contribution in [3.63, 3.8) is 0 Å². The molecule has 1 aliphatic rings. The molecular weight excluding hydrogens is 222 g/mol. The van der Waals surface area contributed by atoms with Crippen LogP contribution >= 0.6 is 0 Å². The molecule has 6 heteroatoms. The molecule has 0 aliphatic carbocycles. The van der Waals surface area contributed by atoms with Crippen LogP contribution in [0.4, 0.5) is 0 Å². The summed E-state index contributed by atoms with van der Waals surface area (Å²) in [7, 11) is 3.39. The van der Waals surface area contributed by atoms with Crippen LogP contribution < -0.4 is 5.32 Å². The quantitative estimate of drug-likeness (QED) is 0.818. The number of nitrogens with zero attached hydrogens (tertiary/aromatic N) is 2. The second-order valence-electron chi connectivity index (χ2n) is 4.35. The number of rotatable bonds is 5. The number of nitrogens with one attached hydrogen (secondary N) is 1. The maximum Gasteiger partial charge on any atom is 0.243 e. The number of hydrogen-bond donors (Lipinski definition) is 1. The summed E-state index contributed by atoms with van der Waals surface area (Å²) >= 11 is 0. The summed E-state index contributed by atoms with van der Waals surface area (Å²) in [5, 5.41) is 7.25. The Balaban J connectivity index is 1.94. The zero-order valence-electron chi connectivity index (χ0n) is 10.5. The maximum atomic E-state index is 5.28. The molecule has 96 valence electrons. The molecule has 1 aliphatic heterocycles. The Bertz CT molecular complexity index is 355. The SMILES string of the molecule is COC(C)Cc1noc(C2CC(OC)CN2)n1. The van der Waals surface area contributed by atoms with Crippen LogP contribution in [0.15, 0.2) is 4.52 Å². The molecule has 1 aromatic rings. The van der Waals surface area contributed by atoms with Crippen molar-refractivity contribution in [3.05, 3.63) is 11.7 Å². The van der Waals surface area contributed by atoms with Crippen molar-refractivity contribution in [2.75, 3.05) is 20.8 Å². The minimum atomic E-state index is 0.101. The van der Waals surface area contributed by atoms with Crippen molar-refractivity contribution in [2.45, 2.75) is 38.0 Å². The smallest absolute Gasteiger partial charge is 0.243 e. The van der Waals surface area contributed by atoms with Crippen molar-refractivity contribution >= 4 is 0 Å². The summed E-state index contributed by atoms with van der Waals surface area (Å²) in [6.07, 6.45) is 1.87. The summed E-state index contributed by atoms with van der Waals surface area (Å²) < 4.78 is 15.7. The van der Waals surface area contributed by atoms with E-state index in [-0.39, 0.29) is 18.2 Å². The fourth-order valence-electron chi connectivity index (χ4n) is 1.90. The van der Waals surface area contributed by atoms with E-state index in [1.165, 1.54) is 0 Å². The van der Waals surface area contributed by atoms with Crippen molar-refractivity contribution < 1.29 is 14.0 Å². The molecule has 1 saturated heterocycles. The van der Waals surface area contributed by atoms with E-state index < -0.39 is 0 Å². The number of methoxy groups -OCH3 is 2. The molecule has 0 amide bonds. The highest BCUT2D eigenvalue weighted by Gasteiger charge is 2.29. The molecular formula is C11H19N3O3. The second kappa shape index (κ2) is 5.57. The predicted molar refractivity (Wildman–Crippen MR) is 60.6 cm³/mol. The van der Waals surface area contributed by atoms with Crippen molar-refractivity contribution in [1.82, 2.24) is 15.5 Å². The van der Waals surface area contributed by atoms with Crippen LogP contribution in [0.25, 0.3) is 0 Å². The van der Waals surface area contributed by atoms with Crippen LogP contribution in [-0.4, -0.2) is 43.1 Å². The van der Waals surface area contributed by atoms with Gasteiger partial charge in [-0.2, -0.15) is 4.98 Å². The standard InChI is InChI=1S/C11H19N3O3/c1-7(15-2)4-10-13-11(17-14-10)9-5-8(16-3)6-12-9/h7-9,12H,4-6H2,1-3H3. The molecule has 3 unspecified atom stereocenters. The van der Waals surface area contributed by atoms with E-state index in [2.05, 4.69) is 15.5 Å². The number of hydrogen-bond acceptors (Lipinski definition) is 6. The summed E-state index contributed by atoms with van der Waals surface area (Å²) in [5.41, 5.74) is 0. The first kappa shape index (κ1) is 12.5. The lowest BCUT2D eigenvalue weighted by Gasteiger charge is -2.05. The molecule has 3 atom stereocenters. The average molecular weight is 241 g/mol. The molecule has 17 heavy (non-hydrogen) atoms. The van der Waals surface area contributed by atoms with Crippen LogP contribution in [-0.2, 0) is 15.9 Å². The molecule has 2 rings (SSSR count). The number of aromatic nitrogens is 2. The van der Waals surface area contributed by atoms with E-state index in [1.807, 2.05) is 6.92 Å². The van der Waals surface area contributed by atoms with Gasteiger partial charge in [-0.25, -0.2) is 0 Å². The molecule has 0 spiro atoms. The molecule has 6 nitrogen and oxygen atoms in total. The van der Waals surface area contributed by atoms with Crippen molar-refractivity contribution in [2.24, 2.45) is 0 Å². The van der Waals surface area contributed by atoms with Crippen LogP contribution in [0.3, 0.4) is 0 Å². The highest BCUT2D eigenvalue weighted by molar-refractivity contribution is 4.98. The average Bonchev–Trinajstić information content (AvgIpc) is 2.96. The summed E-state index contributed by atoms with van der Waals surface area (Å²) in [5.74, 6) is 1.33. The topological polar surface area (TPSA) is 69.4 Å². The second-order valence-corrected chi connectivity index (χ2v) is 4.35. The van der Waals surface area contributed by atoms with Gasteiger partial charge in [-0.1, -0.05) is 5.16 Å². The van der Waals surface area contributed by atoms with Gasteiger partial charge in [-0.3, -0.25) is 0 Å². The molecule has 0 saturated carbocycles. The summed E-state index contributed by atoms with van der Waals surface area (Å²) in [6.45, 7) is 2.80. The van der Waals surface area contributed by atoms with Gasteiger partial charge in [0.25, 0.3) is 0 Å². The van der Waals surface area contributed by atoms with Gasteiger partial charge >= 0.3 is 0 Å². The van der Waals surface area contributed by atoms with Crippen molar-refractivity contribution in [1.29, 1.82) is 0 Å². The van der Waals surface area contributed by atoms with Gasteiger partial charge in [0.1, 0.15) is 0 Å². The highest BCUT2D eigenvalue weighted by atomic mass is 16.5. The van der Waals surface area contributed by atoms with E-state index in [0.717, 1.165) is 13.0 Å². The van der Waals surface area contributed by atoms with Crippen LogP contribution in [0.1, 0.15) is 31.1 Å². The lowest BCUT2D eigenvalue weighted by Crippen LogP contribution is -2.16. The molecule has 0 bridgehead atoms. The monoisotopic (exact) mass is 241 g/mol. The van der Waals surface area contributed by atoms with E-state index >= 15 is 0 Å². The molecule has 1 aromatic heterocycles. The largest absolute Gasteiger partial charge is 0.381 e. The summed E-state index contributed by atoms with van der Waals surface area (Å²) in [4.78, 5) is 4.37. The Morgan fingerprint density at radius 2 is 2.35 bits per heavy atom. The van der Waals surface area contributed by atoms with Gasteiger partial charge in [0.2, 0.25) is 5.89 Å². The zero-order chi connectivity index (χ0) is 12.3. The third-order valence-electron chi connectivity index (χ3n) is 3.08. The fraction of sp³-hybridized carbons (Fsp3) is 0.818. The molecule has 1 fully saturated rings. The van der Waals surface area contributed by atoms with Crippen LogP contribution in [0, 0.1) is 0 Å².